The average Bonchev–Trinajstić information content (AvgIpc) is 3.51. The van der Waals surface area contributed by atoms with E-state index in [9.17, 15) is 4.79 Å². The summed E-state index contributed by atoms with van der Waals surface area (Å²) in [6, 6.07) is 16.5. The lowest BCUT2D eigenvalue weighted by Gasteiger charge is -2.25. The van der Waals surface area contributed by atoms with Gasteiger partial charge in [-0.1, -0.05) is 62.2 Å². The maximum Gasteiger partial charge on any atom is 0.233 e. The number of carbonyl (C=O) groups is 1. The summed E-state index contributed by atoms with van der Waals surface area (Å²) in [5, 5.41) is 9.61. The Morgan fingerprint density at radius 1 is 1.03 bits per heavy atom. The molecule has 1 aliphatic carbocycles. The quantitative estimate of drug-likeness (QED) is 0.212. The zero-order valence-corrected chi connectivity index (χ0v) is 22.7. The number of nitrogens with one attached hydrogen (secondary N) is 1. The number of carbonyl (C=O) groups excluding carboxylic acids is 1. The molecule has 1 aliphatic rings. The monoisotopic (exact) mass is 527 g/mol. The Bertz CT molecular complexity index is 1600. The van der Waals surface area contributed by atoms with Gasteiger partial charge in [-0.25, -0.2) is 15.0 Å². The van der Waals surface area contributed by atoms with Crippen LogP contribution in [-0.4, -0.2) is 46.3 Å². The lowest BCUT2D eigenvalue weighted by molar-refractivity contribution is -0.121. The standard InChI is InChI=1S/C29H33N7OS/c1-3-25(28(37)31-20-11-5-4-6-12-20)38-29-32-22-14-8-7-13-21(22)27-33-26(34-36(27)29)17-18-35-19(2)30-23-15-9-10-16-24(23)35/h7-10,13-16,20,25H,3-6,11-12,17-18H2,1-2H3,(H,31,37). The number of aromatic nitrogens is 6. The molecule has 1 amide bonds. The van der Waals surface area contributed by atoms with Gasteiger partial charge in [0.2, 0.25) is 5.91 Å². The smallest absolute Gasteiger partial charge is 0.233 e. The predicted molar refractivity (Wildman–Crippen MR) is 151 cm³/mol. The van der Waals surface area contributed by atoms with Crippen LogP contribution in [0.1, 0.15) is 57.1 Å². The minimum absolute atomic E-state index is 0.0929. The van der Waals surface area contributed by atoms with Gasteiger partial charge in [0.25, 0.3) is 0 Å². The SMILES string of the molecule is CCC(Sc1nc2ccccc2c2nc(CCn3c(C)nc4ccccc43)nn12)C(=O)NC1CCCCC1. The summed E-state index contributed by atoms with van der Waals surface area (Å²) in [4.78, 5) is 27.8. The third kappa shape index (κ3) is 4.87. The van der Waals surface area contributed by atoms with Gasteiger partial charge >= 0.3 is 0 Å². The first-order valence-electron chi connectivity index (χ1n) is 13.6. The number of amides is 1. The Morgan fingerprint density at radius 2 is 1.79 bits per heavy atom. The summed E-state index contributed by atoms with van der Waals surface area (Å²) in [5.41, 5.74) is 3.76. The van der Waals surface area contributed by atoms with E-state index < -0.39 is 0 Å². The van der Waals surface area contributed by atoms with Crippen molar-refractivity contribution in [2.24, 2.45) is 0 Å². The molecule has 0 saturated heterocycles. The van der Waals surface area contributed by atoms with Gasteiger partial charge in [0.05, 0.1) is 21.8 Å². The summed E-state index contributed by atoms with van der Waals surface area (Å²) >= 11 is 1.49. The second-order valence-corrected chi connectivity index (χ2v) is 11.3. The lowest BCUT2D eigenvalue weighted by atomic mass is 9.95. The summed E-state index contributed by atoms with van der Waals surface area (Å²) in [6.45, 7) is 4.83. The topological polar surface area (TPSA) is 90.0 Å². The molecule has 8 nitrogen and oxygen atoms in total. The molecule has 0 radical (unpaired) electrons. The lowest BCUT2D eigenvalue weighted by Crippen LogP contribution is -2.41. The highest BCUT2D eigenvalue weighted by Crippen LogP contribution is 2.29. The van der Waals surface area contributed by atoms with E-state index in [-0.39, 0.29) is 17.2 Å². The number of imidazole rings is 1. The predicted octanol–water partition coefficient (Wildman–Crippen LogP) is 5.50. The highest BCUT2D eigenvalue weighted by Gasteiger charge is 2.25. The van der Waals surface area contributed by atoms with E-state index in [2.05, 4.69) is 27.9 Å². The van der Waals surface area contributed by atoms with Crippen molar-refractivity contribution < 1.29 is 4.79 Å². The summed E-state index contributed by atoms with van der Waals surface area (Å²) in [6.07, 6.45) is 7.18. The van der Waals surface area contributed by atoms with Gasteiger partial charge in [0.15, 0.2) is 16.6 Å². The van der Waals surface area contributed by atoms with Crippen LogP contribution in [0.5, 0.6) is 0 Å². The van der Waals surface area contributed by atoms with E-state index in [0.717, 1.165) is 58.6 Å². The molecule has 1 atom stereocenters. The van der Waals surface area contributed by atoms with E-state index in [4.69, 9.17) is 15.1 Å². The van der Waals surface area contributed by atoms with Crippen LogP contribution in [0.4, 0.5) is 0 Å². The number of aryl methyl sites for hydroxylation is 3. The first-order valence-corrected chi connectivity index (χ1v) is 14.5. The molecule has 0 aliphatic heterocycles. The molecule has 1 saturated carbocycles. The molecule has 1 N–H and O–H groups in total. The molecule has 0 spiro atoms. The molecule has 5 aromatic rings. The van der Waals surface area contributed by atoms with E-state index >= 15 is 0 Å². The van der Waals surface area contributed by atoms with Gasteiger partial charge in [0.1, 0.15) is 5.82 Å². The number of rotatable bonds is 8. The minimum Gasteiger partial charge on any atom is -0.352 e. The van der Waals surface area contributed by atoms with E-state index in [1.165, 1.54) is 31.0 Å². The number of fused-ring (bicyclic) bond motifs is 4. The van der Waals surface area contributed by atoms with Gasteiger partial charge in [-0.3, -0.25) is 4.79 Å². The average molecular weight is 528 g/mol. The van der Waals surface area contributed by atoms with Gasteiger partial charge in [-0.05, 0) is 50.5 Å². The number of hydrogen-bond acceptors (Lipinski definition) is 6. The normalized spacial score (nSPS) is 15.4. The molecule has 3 aromatic heterocycles. The van der Waals surface area contributed by atoms with Crippen LogP contribution in [0.2, 0.25) is 0 Å². The maximum atomic E-state index is 13.2. The first kappa shape index (κ1) is 24.9. The number of nitrogens with zero attached hydrogens (tertiary/aromatic N) is 6. The summed E-state index contributed by atoms with van der Waals surface area (Å²) < 4.78 is 4.05. The van der Waals surface area contributed by atoms with Gasteiger partial charge in [0, 0.05) is 24.4 Å². The highest BCUT2D eigenvalue weighted by atomic mass is 32.2. The van der Waals surface area contributed by atoms with E-state index in [1.807, 2.05) is 53.9 Å². The minimum atomic E-state index is -0.235. The number of hydrogen-bond donors (Lipinski definition) is 1. The van der Waals surface area contributed by atoms with Crippen LogP contribution in [0.15, 0.2) is 53.7 Å². The van der Waals surface area contributed by atoms with Crippen LogP contribution in [0.25, 0.3) is 27.6 Å². The van der Waals surface area contributed by atoms with E-state index in [1.54, 1.807) is 0 Å². The van der Waals surface area contributed by atoms with Crippen molar-refractivity contribution in [3.63, 3.8) is 0 Å². The van der Waals surface area contributed by atoms with Crippen LogP contribution < -0.4 is 5.32 Å². The fourth-order valence-electron chi connectivity index (χ4n) is 5.44. The Kier molecular flexibility index (Phi) is 7.02. The van der Waals surface area contributed by atoms with E-state index in [0.29, 0.717) is 18.0 Å². The molecule has 1 unspecified atom stereocenters. The Morgan fingerprint density at radius 3 is 2.61 bits per heavy atom. The van der Waals surface area contributed by atoms with Gasteiger partial charge in [-0.15, -0.1) is 5.10 Å². The third-order valence-electron chi connectivity index (χ3n) is 7.46. The molecule has 9 heteroatoms. The van der Waals surface area contributed by atoms with Crippen molar-refractivity contribution in [2.45, 2.75) is 81.8 Å². The molecule has 0 bridgehead atoms. The van der Waals surface area contributed by atoms with Gasteiger partial charge < -0.3 is 9.88 Å². The molecular formula is C29H33N7OS. The largest absolute Gasteiger partial charge is 0.352 e. The number of thioether (sulfide) groups is 1. The first-order chi connectivity index (χ1) is 18.6. The van der Waals surface area contributed by atoms with Crippen molar-refractivity contribution in [2.75, 3.05) is 0 Å². The van der Waals surface area contributed by atoms with Crippen LogP contribution in [-0.2, 0) is 17.8 Å². The Hall–Kier alpha value is -3.46. The van der Waals surface area contributed by atoms with Crippen molar-refractivity contribution in [3.05, 3.63) is 60.2 Å². The molecule has 38 heavy (non-hydrogen) atoms. The second kappa shape index (κ2) is 10.7. The van der Waals surface area contributed by atoms with Crippen molar-refractivity contribution >= 4 is 45.3 Å². The molecule has 3 heterocycles. The molecule has 6 rings (SSSR count). The van der Waals surface area contributed by atoms with Crippen molar-refractivity contribution in [1.29, 1.82) is 0 Å². The second-order valence-electron chi connectivity index (χ2n) is 10.1. The fourth-order valence-corrected chi connectivity index (χ4v) is 6.41. The number of benzene rings is 2. The molecular weight excluding hydrogens is 494 g/mol. The summed E-state index contributed by atoms with van der Waals surface area (Å²) in [7, 11) is 0. The van der Waals surface area contributed by atoms with Crippen molar-refractivity contribution in [3.8, 4) is 0 Å². The Labute approximate surface area is 226 Å². The van der Waals surface area contributed by atoms with Crippen LogP contribution in [0, 0.1) is 6.92 Å². The van der Waals surface area contributed by atoms with Gasteiger partial charge in [-0.2, -0.15) is 4.52 Å². The van der Waals surface area contributed by atoms with Crippen LogP contribution in [0.3, 0.4) is 0 Å². The highest BCUT2D eigenvalue weighted by molar-refractivity contribution is 8.00. The van der Waals surface area contributed by atoms with Crippen molar-refractivity contribution in [1.82, 2.24) is 34.4 Å². The summed E-state index contributed by atoms with van der Waals surface area (Å²) in [5.74, 6) is 1.82. The molecule has 1 fully saturated rings. The zero-order valence-electron chi connectivity index (χ0n) is 21.9. The molecule has 196 valence electrons. The Balaban J connectivity index is 1.30. The third-order valence-corrected chi connectivity index (χ3v) is 8.77. The number of para-hydroxylation sites is 3. The molecule has 2 aromatic carbocycles. The maximum absolute atomic E-state index is 13.2. The van der Waals surface area contributed by atoms with Crippen LogP contribution >= 0.6 is 11.8 Å². The fraction of sp³-hybridized carbons (Fsp3) is 0.414. The zero-order chi connectivity index (χ0) is 26.1.